The number of hydrazine groups is 1. The quantitative estimate of drug-likeness (QED) is 0.554. The number of amides is 2. The molecule has 1 heterocycles. The van der Waals surface area contributed by atoms with Gasteiger partial charge in [-0.05, 0) is 29.9 Å². The van der Waals surface area contributed by atoms with Crippen LogP contribution < -0.4 is 16.1 Å². The lowest BCUT2D eigenvalue weighted by Gasteiger charge is -2.21. The zero-order chi connectivity index (χ0) is 17.4. The monoisotopic (exact) mass is 346 g/mol. The van der Waals surface area contributed by atoms with Crippen LogP contribution in [0.15, 0.2) is 53.1 Å². The van der Waals surface area contributed by atoms with Crippen LogP contribution in [0.3, 0.4) is 0 Å². The summed E-state index contributed by atoms with van der Waals surface area (Å²) in [6, 6.07) is 12.9. The third kappa shape index (κ3) is 5.40. The van der Waals surface area contributed by atoms with Crippen molar-refractivity contribution in [3.8, 4) is 0 Å². The van der Waals surface area contributed by atoms with Gasteiger partial charge < -0.3 is 15.1 Å². The molecule has 2 aromatic rings. The Morgan fingerprint density at radius 2 is 1.88 bits per heavy atom. The number of hydrogen-bond donors (Lipinski definition) is 3. The lowest BCUT2D eigenvalue weighted by Crippen LogP contribution is -2.50. The van der Waals surface area contributed by atoms with E-state index < -0.39 is 11.8 Å². The van der Waals surface area contributed by atoms with Crippen molar-refractivity contribution < 1.29 is 14.0 Å². The van der Waals surface area contributed by atoms with Gasteiger partial charge in [0, 0.05) is 13.6 Å². The van der Waals surface area contributed by atoms with E-state index in [-0.39, 0.29) is 12.3 Å². The van der Waals surface area contributed by atoms with Crippen molar-refractivity contribution in [1.82, 2.24) is 21.1 Å². The van der Waals surface area contributed by atoms with Gasteiger partial charge in [-0.15, -0.1) is 0 Å². The predicted molar refractivity (Wildman–Crippen MR) is 92.8 cm³/mol. The van der Waals surface area contributed by atoms with Gasteiger partial charge in [0.15, 0.2) is 10.9 Å². The molecule has 0 aliphatic carbocycles. The highest BCUT2D eigenvalue weighted by molar-refractivity contribution is 7.80. The summed E-state index contributed by atoms with van der Waals surface area (Å²) in [5.74, 6) is -0.708. The van der Waals surface area contributed by atoms with E-state index in [9.17, 15) is 9.59 Å². The molecule has 0 saturated heterocycles. The summed E-state index contributed by atoms with van der Waals surface area (Å²) in [5, 5.41) is 7.24. The number of furan rings is 1. The number of nitrogens with one attached hydrogen (secondary N) is 3. The lowest BCUT2D eigenvalue weighted by molar-refractivity contribution is -0.122. The number of carbonyl (C=O) groups excluding carboxylic acids is 2. The zero-order valence-electron chi connectivity index (χ0n) is 13.1. The largest absolute Gasteiger partial charge is 0.459 e. The number of nitrogens with zero attached hydrogens (tertiary/aromatic N) is 1. The van der Waals surface area contributed by atoms with Crippen molar-refractivity contribution in [2.24, 2.45) is 0 Å². The Morgan fingerprint density at radius 1 is 1.12 bits per heavy atom. The molecule has 0 radical (unpaired) electrons. The molecule has 0 unspecified atom stereocenters. The molecule has 0 saturated carbocycles. The van der Waals surface area contributed by atoms with E-state index in [1.807, 2.05) is 30.3 Å². The van der Waals surface area contributed by atoms with Crippen LogP contribution >= 0.6 is 12.2 Å². The van der Waals surface area contributed by atoms with Gasteiger partial charge in [0.25, 0.3) is 11.8 Å². The molecule has 8 heteroatoms. The molecular weight excluding hydrogens is 328 g/mol. The van der Waals surface area contributed by atoms with E-state index in [2.05, 4.69) is 16.1 Å². The van der Waals surface area contributed by atoms with E-state index in [0.29, 0.717) is 11.7 Å². The first-order chi connectivity index (χ1) is 11.6. The van der Waals surface area contributed by atoms with Crippen molar-refractivity contribution in [3.05, 3.63) is 60.1 Å². The van der Waals surface area contributed by atoms with E-state index in [0.717, 1.165) is 5.56 Å². The minimum absolute atomic E-state index is 0.149. The van der Waals surface area contributed by atoms with Crippen molar-refractivity contribution in [2.75, 3.05) is 13.6 Å². The van der Waals surface area contributed by atoms with Crippen LogP contribution in [0.5, 0.6) is 0 Å². The van der Waals surface area contributed by atoms with Gasteiger partial charge in [-0.3, -0.25) is 20.0 Å². The van der Waals surface area contributed by atoms with Crippen LogP contribution in [-0.2, 0) is 11.3 Å². The third-order valence-corrected chi connectivity index (χ3v) is 3.46. The van der Waals surface area contributed by atoms with E-state index >= 15 is 0 Å². The van der Waals surface area contributed by atoms with Crippen molar-refractivity contribution >= 4 is 29.1 Å². The fourth-order valence-corrected chi connectivity index (χ4v) is 1.94. The molecule has 3 N–H and O–H groups in total. The first-order valence-corrected chi connectivity index (χ1v) is 7.64. The Bertz CT molecular complexity index is 689. The second-order valence-electron chi connectivity index (χ2n) is 4.90. The maximum absolute atomic E-state index is 11.8. The molecule has 2 rings (SSSR count). The van der Waals surface area contributed by atoms with Gasteiger partial charge in [0.05, 0.1) is 12.8 Å². The van der Waals surface area contributed by atoms with Crippen LogP contribution in [0.25, 0.3) is 0 Å². The average molecular weight is 346 g/mol. The van der Waals surface area contributed by atoms with Gasteiger partial charge in [-0.2, -0.15) is 0 Å². The normalized spacial score (nSPS) is 9.88. The highest BCUT2D eigenvalue weighted by Crippen LogP contribution is 1.99. The minimum Gasteiger partial charge on any atom is -0.459 e. The zero-order valence-corrected chi connectivity index (χ0v) is 13.9. The Hall–Kier alpha value is -2.87. The Balaban J connectivity index is 1.70. The molecule has 2 amide bonds. The Labute approximate surface area is 145 Å². The van der Waals surface area contributed by atoms with Crippen LogP contribution in [0.1, 0.15) is 16.1 Å². The fraction of sp³-hybridized carbons (Fsp3) is 0.188. The van der Waals surface area contributed by atoms with Crippen molar-refractivity contribution in [2.45, 2.75) is 6.54 Å². The third-order valence-electron chi connectivity index (χ3n) is 3.04. The van der Waals surface area contributed by atoms with E-state index in [1.165, 1.54) is 17.3 Å². The summed E-state index contributed by atoms with van der Waals surface area (Å²) in [7, 11) is 1.62. The highest BCUT2D eigenvalue weighted by atomic mass is 32.1. The molecule has 0 bridgehead atoms. The second kappa shape index (κ2) is 8.68. The molecule has 24 heavy (non-hydrogen) atoms. The molecule has 0 spiro atoms. The Morgan fingerprint density at radius 3 is 2.54 bits per heavy atom. The summed E-state index contributed by atoms with van der Waals surface area (Å²) in [6.07, 6.45) is 1.39. The summed E-state index contributed by atoms with van der Waals surface area (Å²) in [5.41, 5.74) is 3.64. The van der Waals surface area contributed by atoms with E-state index in [1.54, 1.807) is 13.1 Å². The molecule has 1 aromatic heterocycles. The second-order valence-corrected chi connectivity index (χ2v) is 5.28. The molecule has 0 fully saturated rings. The summed E-state index contributed by atoms with van der Waals surface area (Å²) >= 11 is 5.19. The lowest BCUT2D eigenvalue weighted by atomic mass is 10.2. The van der Waals surface area contributed by atoms with Gasteiger partial charge in [-0.25, -0.2) is 0 Å². The summed E-state index contributed by atoms with van der Waals surface area (Å²) in [4.78, 5) is 23.5. The molecule has 7 nitrogen and oxygen atoms in total. The van der Waals surface area contributed by atoms with Crippen molar-refractivity contribution in [1.29, 1.82) is 0 Å². The summed E-state index contributed by atoms with van der Waals surface area (Å²) < 4.78 is 4.94. The number of rotatable bonds is 5. The number of hydrogen-bond acceptors (Lipinski definition) is 4. The number of benzene rings is 1. The number of carbonyl (C=O) groups is 2. The first-order valence-electron chi connectivity index (χ1n) is 7.23. The predicted octanol–water partition coefficient (Wildman–Crippen LogP) is 1.05. The maximum atomic E-state index is 11.8. The molecule has 0 aliphatic rings. The molecular formula is C16H18N4O3S. The van der Waals surface area contributed by atoms with Crippen molar-refractivity contribution in [3.63, 3.8) is 0 Å². The minimum atomic E-state index is -0.456. The molecule has 0 atom stereocenters. The van der Waals surface area contributed by atoms with Gasteiger partial charge in [0.2, 0.25) is 0 Å². The molecule has 126 valence electrons. The van der Waals surface area contributed by atoms with Gasteiger partial charge in [-0.1, -0.05) is 30.3 Å². The van der Waals surface area contributed by atoms with Crippen LogP contribution in [0, 0.1) is 0 Å². The smallest absolute Gasteiger partial charge is 0.287 e. The van der Waals surface area contributed by atoms with Gasteiger partial charge in [0.1, 0.15) is 0 Å². The maximum Gasteiger partial charge on any atom is 0.287 e. The number of thiocarbonyl (C=S) groups is 1. The molecule has 0 aliphatic heterocycles. The average Bonchev–Trinajstić information content (AvgIpc) is 3.13. The first kappa shape index (κ1) is 17.5. The Kier molecular flexibility index (Phi) is 6.32. The van der Waals surface area contributed by atoms with Crippen LogP contribution in [0.2, 0.25) is 0 Å². The van der Waals surface area contributed by atoms with Gasteiger partial charge >= 0.3 is 0 Å². The standard InChI is InChI=1S/C16H18N4O3S/c1-20(16(24)18-10-12-6-3-2-4-7-12)19-14(21)11-17-15(22)13-8-5-9-23-13/h2-9H,10-11H2,1H3,(H,17,22)(H,18,24)(H,19,21). The highest BCUT2D eigenvalue weighted by Gasteiger charge is 2.12. The summed E-state index contributed by atoms with van der Waals surface area (Å²) in [6.45, 7) is 0.361. The molecule has 1 aromatic carbocycles. The van der Waals surface area contributed by atoms with Crippen LogP contribution in [0.4, 0.5) is 0 Å². The SMILES string of the molecule is CN(NC(=O)CNC(=O)c1ccco1)C(=S)NCc1ccccc1. The topological polar surface area (TPSA) is 86.6 Å². The van der Waals surface area contributed by atoms with Crippen LogP contribution in [-0.4, -0.2) is 35.5 Å². The van der Waals surface area contributed by atoms with E-state index in [4.69, 9.17) is 16.6 Å². The fourth-order valence-electron chi connectivity index (χ4n) is 1.82.